The van der Waals surface area contributed by atoms with Crippen molar-refractivity contribution in [2.24, 2.45) is 0 Å². The summed E-state index contributed by atoms with van der Waals surface area (Å²) < 4.78 is 12.7. The second-order valence-corrected chi connectivity index (χ2v) is 4.03. The maximum Gasteiger partial charge on any atom is 0.315 e. The van der Waals surface area contributed by atoms with Crippen molar-refractivity contribution in [3.63, 3.8) is 0 Å². The lowest BCUT2D eigenvalue weighted by molar-refractivity contribution is 0.238. The fourth-order valence-electron chi connectivity index (χ4n) is 1.46. The van der Waals surface area contributed by atoms with E-state index in [9.17, 15) is 9.18 Å². The van der Waals surface area contributed by atoms with Crippen LogP contribution in [0, 0.1) is 5.82 Å². The van der Waals surface area contributed by atoms with Gasteiger partial charge in [-0.2, -0.15) is 0 Å². The van der Waals surface area contributed by atoms with Gasteiger partial charge in [-0.1, -0.05) is 25.5 Å². The molecule has 0 heterocycles. The van der Waals surface area contributed by atoms with Gasteiger partial charge in [-0.25, -0.2) is 9.18 Å². The van der Waals surface area contributed by atoms with Gasteiger partial charge >= 0.3 is 6.03 Å². The molecule has 0 aliphatic rings. The number of hydrogen-bond acceptors (Lipinski definition) is 1. The number of amides is 2. The van der Waals surface area contributed by atoms with E-state index in [0.717, 1.165) is 18.4 Å². The van der Waals surface area contributed by atoms with Crippen molar-refractivity contribution < 1.29 is 9.18 Å². The van der Waals surface area contributed by atoms with E-state index >= 15 is 0 Å². The Bertz CT molecular complexity index is 351. The molecule has 0 radical (unpaired) electrons. The maximum atomic E-state index is 12.7. The van der Waals surface area contributed by atoms with Gasteiger partial charge in [0.1, 0.15) is 5.82 Å². The fraction of sp³-hybridized carbons (Fsp3) is 0.462. The first-order valence-electron chi connectivity index (χ1n) is 5.93. The molecule has 0 saturated carbocycles. The van der Waals surface area contributed by atoms with Crippen LogP contribution in [0.3, 0.4) is 0 Å². The number of carbonyl (C=O) groups is 1. The van der Waals surface area contributed by atoms with Crippen LogP contribution in [0.4, 0.5) is 9.18 Å². The van der Waals surface area contributed by atoms with Gasteiger partial charge in [0.25, 0.3) is 0 Å². The van der Waals surface area contributed by atoms with E-state index in [-0.39, 0.29) is 17.9 Å². The Morgan fingerprint density at radius 3 is 2.59 bits per heavy atom. The van der Waals surface area contributed by atoms with Crippen molar-refractivity contribution in [3.8, 4) is 0 Å². The van der Waals surface area contributed by atoms with Gasteiger partial charge in [-0.15, -0.1) is 0 Å². The third kappa shape index (κ3) is 4.85. The lowest BCUT2D eigenvalue weighted by Crippen LogP contribution is -2.37. The normalized spacial score (nSPS) is 11.9. The molecule has 2 N–H and O–H groups in total. The summed E-state index contributed by atoms with van der Waals surface area (Å²) in [5, 5.41) is 5.57. The van der Waals surface area contributed by atoms with E-state index in [1.54, 1.807) is 12.1 Å². The van der Waals surface area contributed by atoms with Crippen molar-refractivity contribution in [1.82, 2.24) is 10.6 Å². The number of nitrogens with one attached hydrogen (secondary N) is 2. The summed E-state index contributed by atoms with van der Waals surface area (Å²) in [4.78, 5) is 11.5. The van der Waals surface area contributed by atoms with Gasteiger partial charge < -0.3 is 10.6 Å². The second kappa shape index (κ2) is 6.89. The Morgan fingerprint density at radius 1 is 1.35 bits per heavy atom. The van der Waals surface area contributed by atoms with E-state index in [4.69, 9.17) is 0 Å². The van der Waals surface area contributed by atoms with Crippen LogP contribution in [0.15, 0.2) is 24.3 Å². The lowest BCUT2D eigenvalue weighted by atomic mass is 10.1. The summed E-state index contributed by atoms with van der Waals surface area (Å²) in [7, 11) is 0. The van der Waals surface area contributed by atoms with E-state index in [0.29, 0.717) is 6.54 Å². The molecule has 4 heteroatoms. The monoisotopic (exact) mass is 238 g/mol. The molecule has 0 aromatic heterocycles. The van der Waals surface area contributed by atoms with Crippen molar-refractivity contribution in [2.45, 2.75) is 32.7 Å². The molecule has 0 spiro atoms. The van der Waals surface area contributed by atoms with Crippen LogP contribution >= 0.6 is 0 Å². The van der Waals surface area contributed by atoms with Crippen LogP contribution in [0.2, 0.25) is 0 Å². The number of unbranched alkanes of at least 4 members (excludes halogenated alkanes) is 1. The first-order chi connectivity index (χ1) is 8.13. The van der Waals surface area contributed by atoms with Crippen LogP contribution in [0.5, 0.6) is 0 Å². The minimum absolute atomic E-state index is 0.128. The average Bonchev–Trinajstić information content (AvgIpc) is 2.30. The molecule has 0 fully saturated rings. The van der Waals surface area contributed by atoms with Gasteiger partial charge in [-0.3, -0.25) is 0 Å². The number of halogens is 1. The molecule has 1 aromatic rings. The Labute approximate surface area is 101 Å². The van der Waals surface area contributed by atoms with Crippen molar-refractivity contribution in [1.29, 1.82) is 0 Å². The smallest absolute Gasteiger partial charge is 0.315 e. The molecular weight excluding hydrogens is 219 g/mol. The third-order valence-electron chi connectivity index (χ3n) is 2.53. The summed E-state index contributed by atoms with van der Waals surface area (Å²) in [5.74, 6) is -0.270. The minimum Gasteiger partial charge on any atom is -0.338 e. The topological polar surface area (TPSA) is 41.1 Å². The standard InChI is InChI=1S/C13H19FN2O/c1-3-4-9-15-13(17)16-10(2)11-5-7-12(14)8-6-11/h5-8,10H,3-4,9H2,1-2H3,(H2,15,16,17)/t10-/m1/s1. The number of benzene rings is 1. The van der Waals surface area contributed by atoms with Crippen LogP contribution in [-0.2, 0) is 0 Å². The molecule has 2 amide bonds. The van der Waals surface area contributed by atoms with Crippen LogP contribution < -0.4 is 10.6 Å². The van der Waals surface area contributed by atoms with Crippen LogP contribution in [0.1, 0.15) is 38.3 Å². The van der Waals surface area contributed by atoms with E-state index in [1.807, 2.05) is 6.92 Å². The Morgan fingerprint density at radius 2 is 2.00 bits per heavy atom. The van der Waals surface area contributed by atoms with E-state index in [1.165, 1.54) is 12.1 Å². The highest BCUT2D eigenvalue weighted by Gasteiger charge is 2.08. The third-order valence-corrected chi connectivity index (χ3v) is 2.53. The Balaban J connectivity index is 2.40. The first kappa shape index (κ1) is 13.5. The molecule has 0 aliphatic carbocycles. The Kier molecular flexibility index (Phi) is 5.46. The number of urea groups is 1. The summed E-state index contributed by atoms with van der Waals surface area (Å²) in [6.45, 7) is 4.62. The van der Waals surface area contributed by atoms with Crippen LogP contribution in [-0.4, -0.2) is 12.6 Å². The number of hydrogen-bond donors (Lipinski definition) is 2. The zero-order chi connectivity index (χ0) is 12.7. The van der Waals surface area contributed by atoms with Crippen molar-refractivity contribution >= 4 is 6.03 Å². The molecule has 1 aromatic carbocycles. The zero-order valence-corrected chi connectivity index (χ0v) is 10.3. The van der Waals surface area contributed by atoms with Crippen molar-refractivity contribution in [2.75, 3.05) is 6.54 Å². The van der Waals surface area contributed by atoms with Gasteiger partial charge in [0.2, 0.25) is 0 Å². The molecule has 94 valence electrons. The molecule has 0 bridgehead atoms. The van der Waals surface area contributed by atoms with E-state index in [2.05, 4.69) is 17.6 Å². The van der Waals surface area contributed by atoms with Crippen molar-refractivity contribution in [3.05, 3.63) is 35.6 Å². The summed E-state index contributed by atoms with van der Waals surface area (Å²) in [5.41, 5.74) is 0.886. The average molecular weight is 238 g/mol. The highest BCUT2D eigenvalue weighted by Crippen LogP contribution is 2.12. The summed E-state index contributed by atoms with van der Waals surface area (Å²) in [6, 6.07) is 5.82. The zero-order valence-electron chi connectivity index (χ0n) is 10.3. The molecular formula is C13H19FN2O. The second-order valence-electron chi connectivity index (χ2n) is 4.03. The highest BCUT2D eigenvalue weighted by atomic mass is 19.1. The molecule has 0 unspecified atom stereocenters. The lowest BCUT2D eigenvalue weighted by Gasteiger charge is -2.14. The van der Waals surface area contributed by atoms with Crippen LogP contribution in [0.25, 0.3) is 0 Å². The fourth-order valence-corrected chi connectivity index (χ4v) is 1.46. The Hall–Kier alpha value is -1.58. The maximum absolute atomic E-state index is 12.7. The molecule has 17 heavy (non-hydrogen) atoms. The molecule has 0 aliphatic heterocycles. The molecule has 3 nitrogen and oxygen atoms in total. The summed E-state index contributed by atoms with van der Waals surface area (Å²) >= 11 is 0. The predicted molar refractivity (Wildman–Crippen MR) is 66.3 cm³/mol. The van der Waals surface area contributed by atoms with Gasteiger partial charge in [-0.05, 0) is 31.0 Å². The van der Waals surface area contributed by atoms with Gasteiger partial charge in [0.05, 0.1) is 6.04 Å². The largest absolute Gasteiger partial charge is 0.338 e. The quantitative estimate of drug-likeness (QED) is 0.761. The summed E-state index contributed by atoms with van der Waals surface area (Å²) in [6.07, 6.45) is 2.02. The van der Waals surface area contributed by atoms with E-state index < -0.39 is 0 Å². The SMILES string of the molecule is CCCCNC(=O)N[C@H](C)c1ccc(F)cc1. The molecule has 0 saturated heterocycles. The van der Waals surface area contributed by atoms with Gasteiger partial charge in [0, 0.05) is 6.54 Å². The van der Waals surface area contributed by atoms with Gasteiger partial charge in [0.15, 0.2) is 0 Å². The molecule has 1 rings (SSSR count). The number of rotatable bonds is 5. The minimum atomic E-state index is -0.270. The predicted octanol–water partition coefficient (Wildman–Crippen LogP) is 2.99. The highest BCUT2D eigenvalue weighted by molar-refractivity contribution is 5.74. The number of carbonyl (C=O) groups excluding carboxylic acids is 1. The first-order valence-corrected chi connectivity index (χ1v) is 5.93. The molecule has 1 atom stereocenters.